The molecule has 1 aromatic heterocycles. The van der Waals surface area contributed by atoms with E-state index in [0.29, 0.717) is 0 Å². The standard InChI is InChI=1S/C22H31N5O2/c1-5-25-8-10-26(11-9-25)21-14-22(24-16(2)23-21)27-7-6-17-12-19(28-3)20(29-4)13-18(17)15-27/h12-14H,5-11,15H2,1-4H3. The molecule has 1 aromatic carbocycles. The molecule has 2 aliphatic heterocycles. The summed E-state index contributed by atoms with van der Waals surface area (Å²) in [5, 5.41) is 0. The van der Waals surface area contributed by atoms with Crippen LogP contribution in [0.15, 0.2) is 18.2 Å². The van der Waals surface area contributed by atoms with Gasteiger partial charge in [0.15, 0.2) is 11.5 Å². The Labute approximate surface area is 173 Å². The van der Waals surface area contributed by atoms with Gasteiger partial charge in [-0.3, -0.25) is 0 Å². The van der Waals surface area contributed by atoms with Gasteiger partial charge in [-0.15, -0.1) is 0 Å². The molecular formula is C22H31N5O2. The predicted molar refractivity (Wildman–Crippen MR) is 115 cm³/mol. The molecule has 7 nitrogen and oxygen atoms in total. The van der Waals surface area contributed by atoms with Crippen molar-refractivity contribution in [3.8, 4) is 11.5 Å². The highest BCUT2D eigenvalue weighted by atomic mass is 16.5. The molecule has 0 saturated carbocycles. The van der Waals surface area contributed by atoms with Crippen LogP contribution in [0.3, 0.4) is 0 Å². The number of anilines is 2. The number of hydrogen-bond acceptors (Lipinski definition) is 7. The molecule has 1 saturated heterocycles. The number of hydrogen-bond donors (Lipinski definition) is 0. The van der Waals surface area contributed by atoms with Crippen molar-refractivity contribution in [2.45, 2.75) is 26.8 Å². The van der Waals surface area contributed by atoms with Crippen molar-refractivity contribution < 1.29 is 9.47 Å². The smallest absolute Gasteiger partial charge is 0.161 e. The van der Waals surface area contributed by atoms with Crippen LogP contribution in [0.2, 0.25) is 0 Å². The second-order valence-corrected chi connectivity index (χ2v) is 7.70. The Morgan fingerprint density at radius 3 is 2.07 bits per heavy atom. The van der Waals surface area contributed by atoms with E-state index in [2.05, 4.69) is 39.8 Å². The van der Waals surface area contributed by atoms with Gasteiger partial charge in [-0.2, -0.15) is 0 Å². The Kier molecular flexibility index (Phi) is 5.76. The summed E-state index contributed by atoms with van der Waals surface area (Å²) in [4.78, 5) is 16.7. The number of aryl methyl sites for hydroxylation is 1. The van der Waals surface area contributed by atoms with Gasteiger partial charge in [0.1, 0.15) is 17.5 Å². The molecule has 0 atom stereocenters. The number of methoxy groups -OCH3 is 2. The quantitative estimate of drug-likeness (QED) is 0.768. The lowest BCUT2D eigenvalue weighted by atomic mass is 9.99. The topological polar surface area (TPSA) is 54.0 Å². The molecule has 0 N–H and O–H groups in total. The van der Waals surface area contributed by atoms with Gasteiger partial charge >= 0.3 is 0 Å². The zero-order valence-corrected chi connectivity index (χ0v) is 17.9. The molecule has 1 fully saturated rings. The fourth-order valence-electron chi connectivity index (χ4n) is 4.23. The predicted octanol–water partition coefficient (Wildman–Crippen LogP) is 2.51. The number of likely N-dealkylation sites (N-methyl/N-ethyl adjacent to an activating group) is 1. The van der Waals surface area contributed by atoms with Crippen molar-refractivity contribution >= 4 is 11.6 Å². The highest BCUT2D eigenvalue weighted by Gasteiger charge is 2.23. The van der Waals surface area contributed by atoms with E-state index in [1.165, 1.54) is 11.1 Å². The van der Waals surface area contributed by atoms with E-state index in [-0.39, 0.29) is 0 Å². The van der Waals surface area contributed by atoms with Crippen molar-refractivity contribution in [2.75, 3.05) is 63.3 Å². The first kappa shape index (κ1) is 19.8. The summed E-state index contributed by atoms with van der Waals surface area (Å²) < 4.78 is 11.0. The molecule has 0 amide bonds. The summed E-state index contributed by atoms with van der Waals surface area (Å²) in [6.45, 7) is 11.3. The summed E-state index contributed by atoms with van der Waals surface area (Å²) in [6.07, 6.45) is 0.962. The molecule has 0 unspecified atom stereocenters. The number of benzene rings is 1. The molecular weight excluding hydrogens is 366 g/mol. The molecule has 4 rings (SSSR count). The first-order chi connectivity index (χ1) is 14.1. The summed E-state index contributed by atoms with van der Waals surface area (Å²) in [7, 11) is 3.37. The van der Waals surface area contributed by atoms with Gasteiger partial charge in [-0.25, -0.2) is 9.97 Å². The molecule has 0 bridgehead atoms. The van der Waals surface area contributed by atoms with E-state index in [0.717, 1.165) is 81.2 Å². The fourth-order valence-corrected chi connectivity index (χ4v) is 4.23. The number of rotatable bonds is 5. The van der Waals surface area contributed by atoms with Gasteiger partial charge in [0.05, 0.1) is 14.2 Å². The largest absolute Gasteiger partial charge is 0.493 e. The van der Waals surface area contributed by atoms with E-state index in [9.17, 15) is 0 Å². The average molecular weight is 398 g/mol. The third-order valence-corrected chi connectivity index (χ3v) is 6.00. The lowest BCUT2D eigenvalue weighted by molar-refractivity contribution is 0.270. The Hall–Kier alpha value is -2.54. The fraction of sp³-hybridized carbons (Fsp3) is 0.545. The molecule has 7 heteroatoms. The Balaban J connectivity index is 1.56. The molecule has 29 heavy (non-hydrogen) atoms. The minimum atomic E-state index is 0.779. The third kappa shape index (κ3) is 4.10. The summed E-state index contributed by atoms with van der Waals surface area (Å²) in [6, 6.07) is 6.36. The zero-order valence-electron chi connectivity index (χ0n) is 17.9. The van der Waals surface area contributed by atoms with E-state index >= 15 is 0 Å². The van der Waals surface area contributed by atoms with Crippen LogP contribution in [0.25, 0.3) is 0 Å². The lowest BCUT2D eigenvalue weighted by Crippen LogP contribution is -2.46. The SMILES string of the molecule is CCN1CCN(c2cc(N3CCc4cc(OC)c(OC)cc4C3)nc(C)n2)CC1. The monoisotopic (exact) mass is 397 g/mol. The molecule has 156 valence electrons. The van der Waals surface area contributed by atoms with Crippen LogP contribution in [0.4, 0.5) is 11.6 Å². The van der Waals surface area contributed by atoms with E-state index < -0.39 is 0 Å². The Morgan fingerprint density at radius 1 is 0.828 bits per heavy atom. The van der Waals surface area contributed by atoms with E-state index in [4.69, 9.17) is 19.4 Å². The minimum Gasteiger partial charge on any atom is -0.493 e. The van der Waals surface area contributed by atoms with Gasteiger partial charge in [-0.1, -0.05) is 6.92 Å². The van der Waals surface area contributed by atoms with E-state index in [1.807, 2.05) is 6.92 Å². The molecule has 0 spiro atoms. The molecule has 2 aliphatic rings. The number of fused-ring (bicyclic) bond motifs is 1. The van der Waals surface area contributed by atoms with Crippen LogP contribution < -0.4 is 19.3 Å². The van der Waals surface area contributed by atoms with Crippen molar-refractivity contribution in [3.63, 3.8) is 0 Å². The van der Waals surface area contributed by atoms with Crippen LogP contribution in [0.5, 0.6) is 11.5 Å². The summed E-state index contributed by atoms with van der Waals surface area (Å²) in [5.74, 6) is 4.45. The molecule has 2 aromatic rings. The zero-order chi connectivity index (χ0) is 20.4. The second-order valence-electron chi connectivity index (χ2n) is 7.70. The summed E-state index contributed by atoms with van der Waals surface area (Å²) in [5.41, 5.74) is 2.59. The molecule has 3 heterocycles. The maximum atomic E-state index is 5.50. The second kappa shape index (κ2) is 8.45. The van der Waals surface area contributed by atoms with Crippen LogP contribution in [0, 0.1) is 6.92 Å². The number of piperazine rings is 1. The molecule has 0 aliphatic carbocycles. The van der Waals surface area contributed by atoms with Gasteiger partial charge in [0.2, 0.25) is 0 Å². The third-order valence-electron chi connectivity index (χ3n) is 6.00. The van der Waals surface area contributed by atoms with Crippen LogP contribution in [0.1, 0.15) is 23.9 Å². The average Bonchev–Trinajstić information content (AvgIpc) is 2.77. The number of aromatic nitrogens is 2. The first-order valence-corrected chi connectivity index (χ1v) is 10.4. The van der Waals surface area contributed by atoms with Crippen molar-refractivity contribution in [1.82, 2.24) is 14.9 Å². The Bertz CT molecular complexity index is 865. The van der Waals surface area contributed by atoms with Gasteiger partial charge < -0.3 is 24.2 Å². The maximum absolute atomic E-state index is 5.50. The normalized spacial score (nSPS) is 17.2. The molecule has 0 radical (unpaired) electrons. The highest BCUT2D eigenvalue weighted by molar-refractivity contribution is 5.55. The first-order valence-electron chi connectivity index (χ1n) is 10.4. The van der Waals surface area contributed by atoms with Crippen LogP contribution >= 0.6 is 0 Å². The van der Waals surface area contributed by atoms with Gasteiger partial charge in [0, 0.05) is 45.3 Å². The summed E-state index contributed by atoms with van der Waals surface area (Å²) >= 11 is 0. The van der Waals surface area contributed by atoms with Crippen molar-refractivity contribution in [3.05, 3.63) is 35.2 Å². The Morgan fingerprint density at radius 2 is 1.45 bits per heavy atom. The van der Waals surface area contributed by atoms with Crippen molar-refractivity contribution in [2.24, 2.45) is 0 Å². The lowest BCUT2D eigenvalue weighted by Gasteiger charge is -2.35. The highest BCUT2D eigenvalue weighted by Crippen LogP contribution is 2.34. The van der Waals surface area contributed by atoms with Gasteiger partial charge in [0.25, 0.3) is 0 Å². The number of ether oxygens (including phenoxy) is 2. The van der Waals surface area contributed by atoms with Gasteiger partial charge in [-0.05, 0) is 43.1 Å². The van der Waals surface area contributed by atoms with Crippen LogP contribution in [-0.4, -0.2) is 68.4 Å². The minimum absolute atomic E-state index is 0.779. The number of nitrogens with zero attached hydrogens (tertiary/aromatic N) is 5. The maximum Gasteiger partial charge on any atom is 0.161 e. The van der Waals surface area contributed by atoms with E-state index in [1.54, 1.807) is 14.2 Å². The van der Waals surface area contributed by atoms with Crippen molar-refractivity contribution in [1.29, 1.82) is 0 Å². The van der Waals surface area contributed by atoms with Crippen LogP contribution in [-0.2, 0) is 13.0 Å².